The number of aliphatic hydroxyl groups excluding tert-OH is 7. The SMILES string of the molecule is CC(=O)O[C@H]([C@H]1C[C@@H](C)[C@H]2[C@](O)(O1)[C@H](O[C@H]1O[C@@H](CO)[C@H](O)[C@@H](O)[C@@H]1O)[C@@]1(C)[C@@H]3CC[C@H]4C(C)(C)[C@@H](O[C@H]5OC[C@H](O)[C@@H](O)[C@@H]5O)CC[C@@]45C[C@@]35CC[C@]21C)C(C)(C)O. The predicted octanol–water partition coefficient (Wildman–Crippen LogP) is 0.471. The zero-order chi connectivity index (χ0) is 43.2. The van der Waals surface area contributed by atoms with Crippen molar-refractivity contribution in [3.63, 3.8) is 0 Å². The van der Waals surface area contributed by atoms with Gasteiger partial charge in [0.25, 0.3) is 0 Å². The molecule has 22 atom stereocenters. The Balaban J connectivity index is 1.17. The van der Waals surface area contributed by atoms with Gasteiger partial charge in [0.1, 0.15) is 54.9 Å². The third-order valence-electron chi connectivity index (χ3n) is 18.0. The Morgan fingerprint density at radius 1 is 0.847 bits per heavy atom. The van der Waals surface area contributed by atoms with E-state index in [1.165, 1.54) is 20.8 Å². The van der Waals surface area contributed by atoms with Crippen LogP contribution in [-0.4, -0.2) is 156 Å². The van der Waals surface area contributed by atoms with Gasteiger partial charge in [0.2, 0.25) is 0 Å². The van der Waals surface area contributed by atoms with E-state index in [1.807, 2.05) is 6.92 Å². The van der Waals surface area contributed by atoms with Gasteiger partial charge in [-0.05, 0) is 105 Å². The van der Waals surface area contributed by atoms with Gasteiger partial charge in [0, 0.05) is 18.3 Å². The molecule has 8 rings (SSSR count). The van der Waals surface area contributed by atoms with E-state index in [1.54, 1.807) is 0 Å². The minimum Gasteiger partial charge on any atom is -0.457 e. The highest BCUT2D eigenvalue weighted by molar-refractivity contribution is 5.66. The number of aliphatic hydroxyl groups is 9. The third kappa shape index (κ3) is 6.16. The molecule has 0 bridgehead atoms. The van der Waals surface area contributed by atoms with Crippen LogP contribution in [0.15, 0.2) is 0 Å². The van der Waals surface area contributed by atoms with Gasteiger partial charge in [-0.25, -0.2) is 0 Å². The molecule has 3 saturated heterocycles. The first-order valence-electron chi connectivity index (χ1n) is 21.9. The Morgan fingerprint density at radius 3 is 2.14 bits per heavy atom. The van der Waals surface area contributed by atoms with Gasteiger partial charge < -0.3 is 74.4 Å². The molecule has 16 heteroatoms. The first-order valence-corrected chi connectivity index (χ1v) is 21.9. The molecule has 8 fully saturated rings. The maximum absolute atomic E-state index is 13.5. The number of hydrogen-bond donors (Lipinski definition) is 9. The standard InChI is InChI=1S/C43H70O16/c1-19-15-22(33(38(5,6)52)55-20(2)45)59-43(53)32(19)39(7)13-14-42-18-41(42)12-11-26(57-34-30(50)27(47)21(46)17-54-34)37(3,4)24(41)9-10-25(42)40(39,8)36(43)58-35-31(51)29(49)28(48)23(16-44)56-35/h19,21-36,44,46-53H,9-18H2,1-8H3/t19-,21+,22-,23+,24+,25+,26+,27-,28+,29-,30+,31+,32-,33-,34-,35-,36-,39-,40-,41-,42+,43+/m1/s1. The van der Waals surface area contributed by atoms with Crippen LogP contribution in [0.5, 0.6) is 0 Å². The van der Waals surface area contributed by atoms with Gasteiger partial charge >= 0.3 is 5.97 Å². The highest BCUT2D eigenvalue weighted by atomic mass is 16.7. The van der Waals surface area contributed by atoms with Crippen molar-refractivity contribution in [1.29, 1.82) is 0 Å². The Kier molecular flexibility index (Phi) is 10.9. The molecular formula is C43H70O16. The van der Waals surface area contributed by atoms with Crippen LogP contribution in [0, 0.1) is 50.7 Å². The largest absolute Gasteiger partial charge is 0.457 e. The first kappa shape index (κ1) is 44.5. The van der Waals surface area contributed by atoms with E-state index < -0.39 is 114 Å². The number of rotatable bonds is 8. The van der Waals surface area contributed by atoms with Crippen molar-refractivity contribution in [3.05, 3.63) is 0 Å². The average molecular weight is 843 g/mol. The molecular weight excluding hydrogens is 772 g/mol. The van der Waals surface area contributed by atoms with E-state index in [0.717, 1.165) is 38.5 Å². The van der Waals surface area contributed by atoms with Gasteiger partial charge in [-0.3, -0.25) is 4.79 Å². The summed E-state index contributed by atoms with van der Waals surface area (Å²) < 4.78 is 37.6. The molecule has 0 aromatic rings. The fraction of sp³-hybridized carbons (Fsp3) is 0.977. The lowest BCUT2D eigenvalue weighted by Crippen LogP contribution is -2.65. The molecule has 338 valence electrons. The average Bonchev–Trinajstić information content (AvgIpc) is 3.79. The maximum atomic E-state index is 13.5. The summed E-state index contributed by atoms with van der Waals surface area (Å²) in [7, 11) is 0. The normalized spacial score (nSPS) is 55.7. The number of fused-ring (bicyclic) bond motifs is 4. The monoisotopic (exact) mass is 842 g/mol. The van der Waals surface area contributed by atoms with E-state index in [9.17, 15) is 50.8 Å². The van der Waals surface area contributed by atoms with Gasteiger partial charge in [0.05, 0.1) is 24.9 Å². The first-order chi connectivity index (χ1) is 27.4. The summed E-state index contributed by atoms with van der Waals surface area (Å²) in [6.45, 7) is 14.3. The summed E-state index contributed by atoms with van der Waals surface area (Å²) in [4.78, 5) is 12.4. The van der Waals surface area contributed by atoms with Crippen LogP contribution in [0.2, 0.25) is 0 Å². The van der Waals surface area contributed by atoms with Crippen LogP contribution in [0.1, 0.15) is 107 Å². The molecule has 5 aliphatic carbocycles. The van der Waals surface area contributed by atoms with E-state index in [-0.39, 0.29) is 46.7 Å². The van der Waals surface area contributed by atoms with Crippen LogP contribution < -0.4 is 0 Å². The summed E-state index contributed by atoms with van der Waals surface area (Å²) in [6, 6.07) is 0. The number of ether oxygens (including phenoxy) is 6. The molecule has 59 heavy (non-hydrogen) atoms. The summed E-state index contributed by atoms with van der Waals surface area (Å²) in [5.74, 6) is -3.23. The lowest BCUT2D eigenvalue weighted by molar-refractivity contribution is -0.384. The molecule has 0 amide bonds. The fourth-order valence-corrected chi connectivity index (χ4v) is 15.3. The lowest BCUT2D eigenvalue weighted by Gasteiger charge is -2.64. The van der Waals surface area contributed by atoms with Crippen LogP contribution in [0.4, 0.5) is 0 Å². The number of hydrogen-bond acceptors (Lipinski definition) is 16. The second-order valence-corrected chi connectivity index (χ2v) is 21.6. The molecule has 5 saturated carbocycles. The van der Waals surface area contributed by atoms with Crippen molar-refractivity contribution in [2.45, 2.75) is 198 Å². The molecule has 0 aromatic heterocycles. The van der Waals surface area contributed by atoms with Crippen LogP contribution in [0.25, 0.3) is 0 Å². The molecule has 9 N–H and O–H groups in total. The van der Waals surface area contributed by atoms with Crippen molar-refractivity contribution in [2.75, 3.05) is 13.2 Å². The van der Waals surface area contributed by atoms with Crippen LogP contribution in [-0.2, 0) is 33.2 Å². The molecule has 3 aliphatic heterocycles. The number of esters is 1. The Labute approximate surface area is 346 Å². The minimum absolute atomic E-state index is 0.0179. The van der Waals surface area contributed by atoms with Gasteiger partial charge in [0.15, 0.2) is 24.5 Å². The molecule has 8 aliphatic rings. The molecule has 0 aromatic carbocycles. The Morgan fingerprint density at radius 2 is 1.49 bits per heavy atom. The number of carbonyl (C=O) groups excluding carboxylic acids is 1. The second kappa shape index (κ2) is 14.5. The van der Waals surface area contributed by atoms with Crippen LogP contribution in [0.3, 0.4) is 0 Å². The zero-order valence-corrected chi connectivity index (χ0v) is 35.8. The zero-order valence-electron chi connectivity index (χ0n) is 35.8. The topological polar surface area (TPSA) is 255 Å². The predicted molar refractivity (Wildman–Crippen MR) is 204 cm³/mol. The van der Waals surface area contributed by atoms with Crippen molar-refractivity contribution < 1.29 is 79.2 Å². The van der Waals surface area contributed by atoms with Gasteiger partial charge in [-0.15, -0.1) is 0 Å². The van der Waals surface area contributed by atoms with Crippen molar-refractivity contribution >= 4 is 5.97 Å². The Bertz CT molecular complexity index is 1600. The van der Waals surface area contributed by atoms with Gasteiger partial charge in [-0.1, -0.05) is 34.6 Å². The molecule has 0 radical (unpaired) electrons. The summed E-state index contributed by atoms with van der Waals surface area (Å²) in [5, 5.41) is 99.1. The highest BCUT2D eigenvalue weighted by Crippen LogP contribution is 2.90. The Hall–Kier alpha value is -1.09. The molecule has 0 unspecified atom stereocenters. The molecule has 16 nitrogen and oxygen atoms in total. The second-order valence-electron chi connectivity index (χ2n) is 21.6. The van der Waals surface area contributed by atoms with Gasteiger partial charge in [-0.2, -0.15) is 0 Å². The van der Waals surface area contributed by atoms with Crippen molar-refractivity contribution in [3.8, 4) is 0 Å². The summed E-state index contributed by atoms with van der Waals surface area (Å²) in [6.07, 6.45) is -10.5. The summed E-state index contributed by atoms with van der Waals surface area (Å²) >= 11 is 0. The lowest BCUT2D eigenvalue weighted by atomic mass is 9.41. The van der Waals surface area contributed by atoms with E-state index >= 15 is 0 Å². The summed E-state index contributed by atoms with van der Waals surface area (Å²) in [5.41, 5.74) is -3.61. The maximum Gasteiger partial charge on any atom is 0.303 e. The van der Waals surface area contributed by atoms with Crippen molar-refractivity contribution in [2.24, 2.45) is 50.7 Å². The van der Waals surface area contributed by atoms with Crippen LogP contribution >= 0.6 is 0 Å². The number of carbonyl (C=O) groups is 1. The van der Waals surface area contributed by atoms with E-state index in [4.69, 9.17) is 28.4 Å². The van der Waals surface area contributed by atoms with E-state index in [0.29, 0.717) is 12.8 Å². The quantitative estimate of drug-likeness (QED) is 0.119. The smallest absolute Gasteiger partial charge is 0.303 e. The fourth-order valence-electron chi connectivity index (χ4n) is 15.3. The minimum atomic E-state index is -2.07. The highest BCUT2D eigenvalue weighted by Gasteiger charge is 2.87. The van der Waals surface area contributed by atoms with E-state index in [2.05, 4.69) is 27.7 Å². The molecule has 3 heterocycles. The molecule has 2 spiro atoms. The van der Waals surface area contributed by atoms with Crippen molar-refractivity contribution in [1.82, 2.24) is 0 Å². The third-order valence-corrected chi connectivity index (χ3v) is 18.0.